The van der Waals surface area contributed by atoms with Crippen LogP contribution in [-0.4, -0.2) is 15.9 Å². The second-order valence-electron chi connectivity index (χ2n) is 3.38. The molecule has 0 radical (unpaired) electrons. The van der Waals surface area contributed by atoms with Crippen LogP contribution in [-0.2, 0) is 0 Å². The Morgan fingerprint density at radius 3 is 2.39 bits per heavy atom. The van der Waals surface area contributed by atoms with Gasteiger partial charge in [0, 0.05) is 0 Å². The van der Waals surface area contributed by atoms with E-state index in [4.69, 9.17) is 28.9 Å². The van der Waals surface area contributed by atoms with Crippen LogP contribution >= 0.6 is 23.2 Å². The lowest BCUT2D eigenvalue weighted by atomic mass is 10.3. The van der Waals surface area contributed by atoms with Gasteiger partial charge in [0.1, 0.15) is 11.5 Å². The number of nitrogens with one attached hydrogen (secondary N) is 1. The predicted octanol–water partition coefficient (Wildman–Crippen LogP) is 2.62. The first kappa shape index (κ1) is 12.6. The summed E-state index contributed by atoms with van der Waals surface area (Å²) >= 11 is 11.9. The molecule has 5 nitrogen and oxygen atoms in total. The van der Waals surface area contributed by atoms with Crippen molar-refractivity contribution in [3.05, 3.63) is 46.3 Å². The number of carbonyl (C=O) groups is 1. The van der Waals surface area contributed by atoms with Gasteiger partial charge in [-0.15, -0.1) is 0 Å². The molecule has 0 fully saturated rings. The molecule has 0 bridgehead atoms. The standard InChI is InChI=1S/C11H8Cl2N4O/c12-6-2-1-3-7(13)10(6)17-11(18)8-4-16-9(14)5-15-8/h1-5H,(H2,14,16)(H,17,18). The molecule has 18 heavy (non-hydrogen) atoms. The number of halogens is 2. The van der Waals surface area contributed by atoms with E-state index >= 15 is 0 Å². The number of rotatable bonds is 2. The lowest BCUT2D eigenvalue weighted by molar-refractivity contribution is 0.102. The second kappa shape index (κ2) is 5.20. The summed E-state index contributed by atoms with van der Waals surface area (Å²) in [5, 5.41) is 3.26. The summed E-state index contributed by atoms with van der Waals surface area (Å²) in [6, 6.07) is 4.93. The molecule has 0 spiro atoms. The molecule has 0 saturated carbocycles. The molecular weight excluding hydrogens is 275 g/mol. The van der Waals surface area contributed by atoms with Gasteiger partial charge in [-0.2, -0.15) is 0 Å². The van der Waals surface area contributed by atoms with Gasteiger partial charge in [-0.1, -0.05) is 29.3 Å². The van der Waals surface area contributed by atoms with Crippen molar-refractivity contribution in [3.63, 3.8) is 0 Å². The van der Waals surface area contributed by atoms with E-state index in [0.717, 1.165) is 0 Å². The van der Waals surface area contributed by atoms with E-state index < -0.39 is 5.91 Å². The molecule has 0 atom stereocenters. The molecular formula is C11H8Cl2N4O. The topological polar surface area (TPSA) is 80.9 Å². The number of hydrogen-bond acceptors (Lipinski definition) is 4. The first-order valence-corrected chi connectivity index (χ1v) is 5.66. The van der Waals surface area contributed by atoms with Crippen molar-refractivity contribution in [1.29, 1.82) is 0 Å². The third-order valence-corrected chi connectivity index (χ3v) is 2.74. The second-order valence-corrected chi connectivity index (χ2v) is 4.19. The normalized spacial score (nSPS) is 10.1. The fraction of sp³-hybridized carbons (Fsp3) is 0. The largest absolute Gasteiger partial charge is 0.382 e. The van der Waals surface area contributed by atoms with Crippen molar-refractivity contribution in [3.8, 4) is 0 Å². The molecule has 1 aromatic carbocycles. The molecule has 7 heteroatoms. The lowest BCUT2D eigenvalue weighted by Gasteiger charge is -2.08. The summed E-state index contributed by atoms with van der Waals surface area (Å²) in [7, 11) is 0. The van der Waals surface area contributed by atoms with Crippen LogP contribution in [0.2, 0.25) is 10.0 Å². The van der Waals surface area contributed by atoms with Crippen molar-refractivity contribution < 1.29 is 4.79 Å². The molecule has 0 aliphatic heterocycles. The molecule has 3 N–H and O–H groups in total. The monoisotopic (exact) mass is 282 g/mol. The van der Waals surface area contributed by atoms with Crippen LogP contribution in [0.5, 0.6) is 0 Å². The lowest BCUT2D eigenvalue weighted by Crippen LogP contribution is -2.14. The Balaban J connectivity index is 2.24. The van der Waals surface area contributed by atoms with E-state index in [1.54, 1.807) is 18.2 Å². The Morgan fingerprint density at radius 1 is 1.17 bits per heavy atom. The summed E-state index contributed by atoms with van der Waals surface area (Å²) in [5.41, 5.74) is 5.84. The number of anilines is 2. The Kier molecular flexibility index (Phi) is 3.64. The summed E-state index contributed by atoms with van der Waals surface area (Å²) in [6.45, 7) is 0. The minimum Gasteiger partial charge on any atom is -0.382 e. The highest BCUT2D eigenvalue weighted by atomic mass is 35.5. The number of nitrogens with two attached hydrogens (primary N) is 1. The molecule has 0 aliphatic rings. The van der Waals surface area contributed by atoms with E-state index in [1.165, 1.54) is 12.4 Å². The molecule has 0 unspecified atom stereocenters. The number of nitrogen functional groups attached to an aromatic ring is 1. The van der Waals surface area contributed by atoms with Crippen molar-refractivity contribution >= 4 is 40.6 Å². The quantitative estimate of drug-likeness (QED) is 0.887. The molecule has 1 aromatic heterocycles. The van der Waals surface area contributed by atoms with E-state index in [-0.39, 0.29) is 11.5 Å². The number of benzene rings is 1. The zero-order valence-electron chi connectivity index (χ0n) is 9.02. The highest BCUT2D eigenvalue weighted by Crippen LogP contribution is 2.29. The van der Waals surface area contributed by atoms with Crippen LogP contribution in [0.4, 0.5) is 11.5 Å². The van der Waals surface area contributed by atoms with Gasteiger partial charge in [0.25, 0.3) is 5.91 Å². The number of carbonyl (C=O) groups excluding carboxylic acids is 1. The molecule has 1 amide bonds. The van der Waals surface area contributed by atoms with Crippen LogP contribution in [0.25, 0.3) is 0 Å². The van der Waals surface area contributed by atoms with Gasteiger partial charge in [-0.3, -0.25) is 4.79 Å². The number of para-hydroxylation sites is 1. The minimum atomic E-state index is -0.461. The maximum atomic E-state index is 11.9. The van der Waals surface area contributed by atoms with Gasteiger partial charge in [-0.05, 0) is 12.1 Å². The van der Waals surface area contributed by atoms with E-state index in [0.29, 0.717) is 15.7 Å². The van der Waals surface area contributed by atoms with E-state index in [9.17, 15) is 4.79 Å². The Bertz CT molecular complexity index is 566. The fourth-order valence-electron chi connectivity index (χ4n) is 1.25. The van der Waals surface area contributed by atoms with Crippen LogP contribution in [0.1, 0.15) is 10.5 Å². The number of nitrogens with zero attached hydrogens (tertiary/aromatic N) is 2. The molecule has 92 valence electrons. The Labute approximate surface area is 113 Å². The maximum absolute atomic E-state index is 11.9. The van der Waals surface area contributed by atoms with Gasteiger partial charge >= 0.3 is 0 Å². The molecule has 1 heterocycles. The smallest absolute Gasteiger partial charge is 0.275 e. The summed E-state index contributed by atoms with van der Waals surface area (Å²) < 4.78 is 0. The molecule has 0 saturated heterocycles. The summed E-state index contributed by atoms with van der Waals surface area (Å²) in [5.74, 6) is -0.222. The van der Waals surface area contributed by atoms with Gasteiger partial charge in [0.05, 0.1) is 28.1 Å². The van der Waals surface area contributed by atoms with E-state index in [2.05, 4.69) is 15.3 Å². The van der Waals surface area contributed by atoms with E-state index in [1.807, 2.05) is 0 Å². The molecule has 2 rings (SSSR count). The van der Waals surface area contributed by atoms with Gasteiger partial charge in [0.15, 0.2) is 0 Å². The summed E-state index contributed by atoms with van der Waals surface area (Å²) in [4.78, 5) is 19.5. The zero-order valence-corrected chi connectivity index (χ0v) is 10.5. The van der Waals surface area contributed by atoms with Crippen LogP contribution < -0.4 is 11.1 Å². The maximum Gasteiger partial charge on any atom is 0.275 e. The van der Waals surface area contributed by atoms with Crippen molar-refractivity contribution in [1.82, 2.24) is 9.97 Å². The number of hydrogen-bond donors (Lipinski definition) is 2. The number of aromatic nitrogens is 2. The Hall–Kier alpha value is -1.85. The molecule has 2 aromatic rings. The zero-order chi connectivity index (χ0) is 13.1. The van der Waals surface area contributed by atoms with Crippen molar-refractivity contribution in [2.45, 2.75) is 0 Å². The third-order valence-electron chi connectivity index (χ3n) is 2.11. The fourth-order valence-corrected chi connectivity index (χ4v) is 1.74. The minimum absolute atomic E-state index is 0.125. The predicted molar refractivity (Wildman–Crippen MR) is 70.9 cm³/mol. The number of amides is 1. The van der Waals surface area contributed by atoms with Gasteiger partial charge in [0.2, 0.25) is 0 Å². The van der Waals surface area contributed by atoms with Crippen molar-refractivity contribution in [2.24, 2.45) is 0 Å². The average molecular weight is 283 g/mol. The molecule has 0 aliphatic carbocycles. The van der Waals surface area contributed by atoms with Gasteiger partial charge in [-0.25, -0.2) is 9.97 Å². The first-order valence-electron chi connectivity index (χ1n) is 4.91. The Morgan fingerprint density at radius 2 is 1.83 bits per heavy atom. The highest BCUT2D eigenvalue weighted by Gasteiger charge is 2.12. The van der Waals surface area contributed by atoms with Gasteiger partial charge < -0.3 is 11.1 Å². The van der Waals surface area contributed by atoms with Crippen LogP contribution in [0.3, 0.4) is 0 Å². The summed E-state index contributed by atoms with van der Waals surface area (Å²) in [6.07, 6.45) is 2.57. The van der Waals surface area contributed by atoms with Crippen LogP contribution in [0.15, 0.2) is 30.6 Å². The SMILES string of the molecule is Nc1cnc(C(=O)Nc2c(Cl)cccc2Cl)cn1. The highest BCUT2D eigenvalue weighted by molar-refractivity contribution is 6.39. The average Bonchev–Trinajstić information content (AvgIpc) is 2.34. The first-order chi connectivity index (χ1) is 8.58. The third kappa shape index (κ3) is 2.69. The van der Waals surface area contributed by atoms with Crippen LogP contribution in [0, 0.1) is 0 Å². The van der Waals surface area contributed by atoms with Crippen molar-refractivity contribution in [2.75, 3.05) is 11.1 Å².